The van der Waals surface area contributed by atoms with E-state index in [1.807, 2.05) is 0 Å². The SMILES string of the molecule is COc1ccc(S(=O)(=O)N(C)C(CN)C2CC2)cc1F.Cl. The summed E-state index contributed by atoms with van der Waals surface area (Å²) in [6.07, 6.45) is 1.97. The van der Waals surface area contributed by atoms with Gasteiger partial charge in [0.25, 0.3) is 0 Å². The Morgan fingerprint density at radius 3 is 2.52 bits per heavy atom. The maximum absolute atomic E-state index is 13.7. The van der Waals surface area contributed by atoms with E-state index in [2.05, 4.69) is 0 Å². The molecule has 1 aliphatic carbocycles. The summed E-state index contributed by atoms with van der Waals surface area (Å²) < 4.78 is 44.7. The molecule has 0 radical (unpaired) electrons. The van der Waals surface area contributed by atoms with Gasteiger partial charge in [-0.25, -0.2) is 12.8 Å². The van der Waals surface area contributed by atoms with Crippen LogP contribution in [0, 0.1) is 11.7 Å². The zero-order chi connectivity index (χ0) is 14.9. The molecule has 1 aromatic carbocycles. The number of nitrogens with two attached hydrogens (primary N) is 1. The summed E-state index contributed by atoms with van der Waals surface area (Å²) in [4.78, 5) is -0.0857. The van der Waals surface area contributed by atoms with E-state index in [1.54, 1.807) is 0 Å². The van der Waals surface area contributed by atoms with Crippen molar-refractivity contribution in [3.8, 4) is 5.75 Å². The molecule has 5 nitrogen and oxygen atoms in total. The van der Waals surface area contributed by atoms with Crippen molar-refractivity contribution < 1.29 is 17.5 Å². The summed E-state index contributed by atoms with van der Waals surface area (Å²) in [6, 6.07) is 3.40. The Morgan fingerprint density at radius 2 is 2.10 bits per heavy atom. The maximum atomic E-state index is 13.7. The standard InChI is InChI=1S/C13H19FN2O3S.ClH/c1-16(12(8-15)9-3-4-9)20(17,18)10-5-6-13(19-2)11(14)7-10;/h5-7,9,12H,3-4,8,15H2,1-2H3;1H. The molecule has 0 heterocycles. The van der Waals surface area contributed by atoms with E-state index in [0.29, 0.717) is 5.92 Å². The molecule has 0 saturated heterocycles. The van der Waals surface area contributed by atoms with Gasteiger partial charge in [0.15, 0.2) is 11.6 Å². The van der Waals surface area contributed by atoms with Crippen molar-refractivity contribution in [3.05, 3.63) is 24.0 Å². The van der Waals surface area contributed by atoms with Gasteiger partial charge < -0.3 is 10.5 Å². The zero-order valence-corrected chi connectivity index (χ0v) is 13.6. The third-order valence-corrected chi connectivity index (χ3v) is 5.55. The Hall–Kier alpha value is -0.890. The minimum Gasteiger partial charge on any atom is -0.494 e. The molecular formula is C13H20ClFN2O3S. The lowest BCUT2D eigenvalue weighted by Crippen LogP contribution is -2.43. The highest BCUT2D eigenvalue weighted by Gasteiger charge is 2.38. The first-order valence-electron chi connectivity index (χ1n) is 6.43. The number of hydrogen-bond acceptors (Lipinski definition) is 4. The molecule has 1 aromatic rings. The second kappa shape index (κ2) is 6.91. The number of methoxy groups -OCH3 is 1. The van der Waals surface area contributed by atoms with Crippen LogP contribution in [0.2, 0.25) is 0 Å². The van der Waals surface area contributed by atoms with Gasteiger partial charge in [-0.1, -0.05) is 0 Å². The number of halogens is 2. The lowest BCUT2D eigenvalue weighted by atomic mass is 10.2. The van der Waals surface area contributed by atoms with Gasteiger partial charge in [0.05, 0.1) is 12.0 Å². The molecule has 0 aromatic heterocycles. The molecule has 0 spiro atoms. The molecule has 2 N–H and O–H groups in total. The molecule has 1 unspecified atom stereocenters. The fourth-order valence-electron chi connectivity index (χ4n) is 2.27. The number of hydrogen-bond donors (Lipinski definition) is 1. The number of likely N-dealkylation sites (N-methyl/N-ethyl adjacent to an activating group) is 1. The Kier molecular flexibility index (Phi) is 5.98. The van der Waals surface area contributed by atoms with Gasteiger partial charge in [0.2, 0.25) is 10.0 Å². The predicted octanol–water partition coefficient (Wildman–Crippen LogP) is 1.61. The number of ether oxygens (including phenoxy) is 1. The molecular weight excluding hydrogens is 319 g/mol. The average molecular weight is 339 g/mol. The molecule has 1 atom stereocenters. The van der Waals surface area contributed by atoms with Crippen LogP contribution in [-0.2, 0) is 10.0 Å². The van der Waals surface area contributed by atoms with Crippen molar-refractivity contribution in [1.82, 2.24) is 4.31 Å². The van der Waals surface area contributed by atoms with Gasteiger partial charge >= 0.3 is 0 Å². The lowest BCUT2D eigenvalue weighted by Gasteiger charge is -2.26. The second-order valence-electron chi connectivity index (χ2n) is 4.96. The predicted molar refractivity (Wildman–Crippen MR) is 80.7 cm³/mol. The Balaban J connectivity index is 0.00000220. The van der Waals surface area contributed by atoms with Gasteiger partial charge in [-0.15, -0.1) is 12.4 Å². The first-order chi connectivity index (χ1) is 9.41. The van der Waals surface area contributed by atoms with E-state index in [-0.39, 0.29) is 35.6 Å². The third-order valence-electron chi connectivity index (χ3n) is 3.67. The van der Waals surface area contributed by atoms with Gasteiger partial charge in [-0.3, -0.25) is 0 Å². The van der Waals surface area contributed by atoms with Crippen LogP contribution in [0.4, 0.5) is 4.39 Å². The van der Waals surface area contributed by atoms with Gasteiger partial charge in [0, 0.05) is 19.6 Å². The van der Waals surface area contributed by atoms with Crippen LogP contribution in [0.25, 0.3) is 0 Å². The molecule has 1 fully saturated rings. The molecule has 21 heavy (non-hydrogen) atoms. The van der Waals surface area contributed by atoms with Crippen molar-refractivity contribution in [1.29, 1.82) is 0 Å². The number of sulfonamides is 1. The molecule has 2 rings (SSSR count). The van der Waals surface area contributed by atoms with Crippen LogP contribution in [0.5, 0.6) is 5.75 Å². The molecule has 0 aliphatic heterocycles. The zero-order valence-electron chi connectivity index (χ0n) is 12.0. The van der Waals surface area contributed by atoms with Crippen molar-refractivity contribution in [2.24, 2.45) is 11.7 Å². The average Bonchev–Trinajstić information content (AvgIpc) is 3.24. The number of benzene rings is 1. The quantitative estimate of drug-likeness (QED) is 0.855. The van der Waals surface area contributed by atoms with E-state index in [1.165, 1.54) is 30.6 Å². The topological polar surface area (TPSA) is 72.6 Å². The van der Waals surface area contributed by atoms with Crippen LogP contribution in [0.15, 0.2) is 23.1 Å². The van der Waals surface area contributed by atoms with Crippen molar-refractivity contribution >= 4 is 22.4 Å². The van der Waals surface area contributed by atoms with E-state index in [9.17, 15) is 12.8 Å². The van der Waals surface area contributed by atoms with Crippen LogP contribution < -0.4 is 10.5 Å². The Labute approximate surface area is 130 Å². The summed E-state index contributed by atoms with van der Waals surface area (Å²) in [7, 11) is -0.922. The molecule has 1 aliphatic rings. The largest absolute Gasteiger partial charge is 0.494 e. The highest BCUT2D eigenvalue weighted by atomic mass is 35.5. The maximum Gasteiger partial charge on any atom is 0.243 e. The molecule has 120 valence electrons. The van der Waals surface area contributed by atoms with Gasteiger partial charge in [-0.2, -0.15) is 4.31 Å². The van der Waals surface area contributed by atoms with Crippen molar-refractivity contribution in [3.63, 3.8) is 0 Å². The summed E-state index contributed by atoms with van der Waals surface area (Å²) in [5.74, 6) is -0.371. The molecule has 8 heteroatoms. The normalized spacial score (nSPS) is 16.4. The lowest BCUT2D eigenvalue weighted by molar-refractivity contribution is 0.340. The molecule has 1 saturated carbocycles. The summed E-state index contributed by atoms with van der Waals surface area (Å²) in [5, 5.41) is 0. The first kappa shape index (κ1) is 18.2. The van der Waals surface area contributed by atoms with E-state index in [0.717, 1.165) is 18.9 Å². The minimum absolute atomic E-state index is 0. The molecule has 0 amide bonds. The third kappa shape index (κ3) is 3.66. The van der Waals surface area contributed by atoms with Gasteiger partial charge in [-0.05, 0) is 37.0 Å². The Morgan fingerprint density at radius 1 is 1.48 bits per heavy atom. The van der Waals surface area contributed by atoms with Crippen LogP contribution in [0.1, 0.15) is 12.8 Å². The fourth-order valence-corrected chi connectivity index (χ4v) is 3.71. The monoisotopic (exact) mass is 338 g/mol. The van der Waals surface area contributed by atoms with Crippen LogP contribution in [0.3, 0.4) is 0 Å². The van der Waals surface area contributed by atoms with Crippen LogP contribution >= 0.6 is 12.4 Å². The summed E-state index contributed by atoms with van der Waals surface area (Å²) >= 11 is 0. The summed E-state index contributed by atoms with van der Waals surface area (Å²) in [5.41, 5.74) is 5.66. The highest BCUT2D eigenvalue weighted by molar-refractivity contribution is 7.89. The number of rotatable bonds is 6. The second-order valence-corrected chi connectivity index (χ2v) is 6.96. The Bertz CT molecular complexity index is 593. The van der Waals surface area contributed by atoms with Gasteiger partial charge in [0.1, 0.15) is 0 Å². The van der Waals surface area contributed by atoms with Crippen LogP contribution in [-0.4, -0.2) is 39.5 Å². The summed E-state index contributed by atoms with van der Waals surface area (Å²) in [6.45, 7) is 0.263. The minimum atomic E-state index is -3.75. The van der Waals surface area contributed by atoms with E-state index < -0.39 is 15.8 Å². The first-order valence-corrected chi connectivity index (χ1v) is 7.87. The highest BCUT2D eigenvalue weighted by Crippen LogP contribution is 2.36. The smallest absolute Gasteiger partial charge is 0.243 e. The van der Waals surface area contributed by atoms with E-state index >= 15 is 0 Å². The van der Waals surface area contributed by atoms with E-state index in [4.69, 9.17) is 10.5 Å². The number of nitrogens with zero attached hydrogens (tertiary/aromatic N) is 1. The van der Waals surface area contributed by atoms with Crippen molar-refractivity contribution in [2.45, 2.75) is 23.8 Å². The van der Waals surface area contributed by atoms with Crippen molar-refractivity contribution in [2.75, 3.05) is 20.7 Å². The molecule has 0 bridgehead atoms. The fraction of sp³-hybridized carbons (Fsp3) is 0.538.